The van der Waals surface area contributed by atoms with E-state index >= 15 is 0 Å². The largest absolute Gasteiger partial charge is 0.360 e. The van der Waals surface area contributed by atoms with Crippen molar-refractivity contribution in [3.05, 3.63) is 38.4 Å². The second-order valence-corrected chi connectivity index (χ2v) is 5.78. The van der Waals surface area contributed by atoms with Gasteiger partial charge in [0.2, 0.25) is 0 Å². The first-order valence-corrected chi connectivity index (χ1v) is 7.04. The fraction of sp³-hybridized carbons (Fsp3) is 0.333. The lowest BCUT2D eigenvalue weighted by molar-refractivity contribution is 0.853. The molecule has 0 aliphatic rings. The fourth-order valence-corrected chi connectivity index (χ4v) is 2.86. The Morgan fingerprint density at radius 2 is 2.18 bits per heavy atom. The van der Waals surface area contributed by atoms with Gasteiger partial charge in [-0.05, 0) is 48.3 Å². The van der Waals surface area contributed by atoms with Crippen molar-refractivity contribution in [3.8, 4) is 0 Å². The molecule has 2 rings (SSSR count). The molecule has 0 aliphatic carbocycles. The Balaban J connectivity index is 2.15. The van der Waals surface area contributed by atoms with Gasteiger partial charge in [-0.3, -0.25) is 0 Å². The van der Waals surface area contributed by atoms with E-state index < -0.39 is 0 Å². The number of nitrogens with zero attached hydrogens (tertiary/aromatic N) is 2. The van der Waals surface area contributed by atoms with Gasteiger partial charge < -0.3 is 5.32 Å². The van der Waals surface area contributed by atoms with Crippen molar-refractivity contribution in [1.29, 1.82) is 0 Å². The molecule has 3 nitrogen and oxygen atoms in total. The number of rotatable bonds is 3. The van der Waals surface area contributed by atoms with Gasteiger partial charge >= 0.3 is 0 Å². The summed E-state index contributed by atoms with van der Waals surface area (Å²) in [5.41, 5.74) is 2.20. The lowest BCUT2D eigenvalue weighted by Crippen LogP contribution is -2.08. The molecule has 0 amide bonds. The Kier molecular flexibility index (Phi) is 3.79. The lowest BCUT2D eigenvalue weighted by atomic mass is 10.3. The van der Waals surface area contributed by atoms with Crippen LogP contribution in [-0.2, 0) is 0 Å². The minimum atomic E-state index is 0.167. The SMILES string of the molecule is Cc1cnc(NC(C)c2nc(C)cs2)c(Br)c1. The summed E-state index contributed by atoms with van der Waals surface area (Å²) in [5, 5.41) is 6.50. The predicted molar refractivity (Wildman–Crippen MR) is 75.6 cm³/mol. The normalized spacial score (nSPS) is 12.5. The van der Waals surface area contributed by atoms with Crippen LogP contribution in [0.3, 0.4) is 0 Å². The van der Waals surface area contributed by atoms with Gasteiger partial charge in [0.25, 0.3) is 0 Å². The van der Waals surface area contributed by atoms with Gasteiger partial charge in [0, 0.05) is 17.3 Å². The molecule has 0 saturated heterocycles. The highest BCUT2D eigenvalue weighted by atomic mass is 79.9. The number of halogens is 1. The average Bonchev–Trinajstić information content (AvgIpc) is 2.69. The first-order chi connectivity index (χ1) is 8.06. The van der Waals surface area contributed by atoms with Gasteiger partial charge in [-0.15, -0.1) is 11.3 Å². The van der Waals surface area contributed by atoms with E-state index in [-0.39, 0.29) is 6.04 Å². The predicted octanol–water partition coefficient (Wildman–Crippen LogP) is 4.09. The van der Waals surface area contributed by atoms with E-state index in [0.717, 1.165) is 26.6 Å². The van der Waals surface area contributed by atoms with Crippen molar-refractivity contribution in [2.45, 2.75) is 26.8 Å². The minimum absolute atomic E-state index is 0.167. The molecule has 0 aromatic carbocycles. The second kappa shape index (κ2) is 5.14. The highest BCUT2D eigenvalue weighted by Gasteiger charge is 2.11. The van der Waals surface area contributed by atoms with Gasteiger partial charge in [0.15, 0.2) is 0 Å². The van der Waals surface area contributed by atoms with Crippen molar-refractivity contribution in [2.75, 3.05) is 5.32 Å². The third-order valence-corrected chi connectivity index (χ3v) is 4.09. The van der Waals surface area contributed by atoms with E-state index in [1.807, 2.05) is 20.0 Å². The zero-order chi connectivity index (χ0) is 12.4. The molecular weight excluding hydrogens is 298 g/mol. The molecule has 0 bridgehead atoms. The second-order valence-electron chi connectivity index (χ2n) is 4.04. The number of nitrogens with one attached hydrogen (secondary N) is 1. The smallest absolute Gasteiger partial charge is 0.140 e. The maximum absolute atomic E-state index is 4.47. The van der Waals surface area contributed by atoms with Crippen LogP contribution < -0.4 is 5.32 Å². The van der Waals surface area contributed by atoms with Crippen LogP contribution in [0.5, 0.6) is 0 Å². The molecule has 0 aliphatic heterocycles. The maximum atomic E-state index is 4.47. The summed E-state index contributed by atoms with van der Waals surface area (Å²) in [7, 11) is 0. The molecule has 0 spiro atoms. The number of aryl methyl sites for hydroxylation is 2. The Labute approximate surface area is 113 Å². The molecular formula is C12H14BrN3S. The zero-order valence-electron chi connectivity index (χ0n) is 9.99. The third kappa shape index (κ3) is 3.04. The zero-order valence-corrected chi connectivity index (χ0v) is 12.4. The first-order valence-electron chi connectivity index (χ1n) is 5.37. The quantitative estimate of drug-likeness (QED) is 0.927. The lowest BCUT2D eigenvalue weighted by Gasteiger charge is -2.13. The summed E-state index contributed by atoms with van der Waals surface area (Å²) >= 11 is 5.18. The van der Waals surface area contributed by atoms with Gasteiger partial charge in [-0.25, -0.2) is 9.97 Å². The summed E-state index contributed by atoms with van der Waals surface area (Å²) in [6, 6.07) is 2.22. The molecule has 2 aromatic rings. The molecule has 90 valence electrons. The Hall–Kier alpha value is -0.940. The molecule has 5 heteroatoms. The van der Waals surface area contributed by atoms with Crippen LogP contribution in [-0.4, -0.2) is 9.97 Å². The first kappa shape index (κ1) is 12.5. The van der Waals surface area contributed by atoms with Gasteiger partial charge in [0.1, 0.15) is 10.8 Å². The maximum Gasteiger partial charge on any atom is 0.140 e. The molecule has 2 heterocycles. The number of anilines is 1. The summed E-state index contributed by atoms with van der Waals surface area (Å²) in [5.74, 6) is 0.857. The molecule has 17 heavy (non-hydrogen) atoms. The Morgan fingerprint density at radius 3 is 2.76 bits per heavy atom. The van der Waals surface area contributed by atoms with Crippen molar-refractivity contribution in [3.63, 3.8) is 0 Å². The van der Waals surface area contributed by atoms with Crippen molar-refractivity contribution < 1.29 is 0 Å². The van der Waals surface area contributed by atoms with Gasteiger partial charge in [-0.2, -0.15) is 0 Å². The highest BCUT2D eigenvalue weighted by Crippen LogP contribution is 2.26. The standard InChI is InChI=1S/C12H14BrN3S/c1-7-4-10(13)11(14-5-7)16-9(3)12-15-8(2)6-17-12/h4-6,9H,1-3H3,(H,14,16). The van der Waals surface area contributed by atoms with Crippen molar-refractivity contribution in [1.82, 2.24) is 9.97 Å². The highest BCUT2D eigenvalue weighted by molar-refractivity contribution is 9.10. The van der Waals surface area contributed by atoms with E-state index in [4.69, 9.17) is 0 Å². The number of pyridine rings is 1. The van der Waals surface area contributed by atoms with Crippen molar-refractivity contribution in [2.24, 2.45) is 0 Å². The van der Waals surface area contributed by atoms with E-state index in [1.54, 1.807) is 11.3 Å². The van der Waals surface area contributed by atoms with E-state index in [1.165, 1.54) is 0 Å². The molecule has 2 aromatic heterocycles. The van der Waals surface area contributed by atoms with Crippen molar-refractivity contribution >= 4 is 33.1 Å². The fourth-order valence-electron chi connectivity index (χ4n) is 1.48. The Morgan fingerprint density at radius 1 is 1.41 bits per heavy atom. The monoisotopic (exact) mass is 311 g/mol. The van der Waals surface area contributed by atoms with Crippen LogP contribution in [0.1, 0.15) is 29.2 Å². The molecule has 1 unspecified atom stereocenters. The summed E-state index contributed by atoms with van der Waals surface area (Å²) in [6.07, 6.45) is 1.85. The molecule has 0 saturated carbocycles. The van der Waals surface area contributed by atoms with Crippen LogP contribution in [0.4, 0.5) is 5.82 Å². The summed E-state index contributed by atoms with van der Waals surface area (Å²) < 4.78 is 0.984. The van der Waals surface area contributed by atoms with Crippen LogP contribution >= 0.6 is 27.3 Å². The third-order valence-electron chi connectivity index (χ3n) is 2.34. The van der Waals surface area contributed by atoms with Crippen LogP contribution in [0, 0.1) is 13.8 Å². The number of hydrogen-bond acceptors (Lipinski definition) is 4. The van der Waals surface area contributed by atoms with E-state index in [2.05, 4.69) is 49.6 Å². The number of thiazole rings is 1. The van der Waals surface area contributed by atoms with E-state index in [9.17, 15) is 0 Å². The van der Waals surface area contributed by atoms with Crippen LogP contribution in [0.2, 0.25) is 0 Å². The minimum Gasteiger partial charge on any atom is -0.360 e. The molecule has 0 radical (unpaired) electrons. The van der Waals surface area contributed by atoms with Gasteiger partial charge in [-0.1, -0.05) is 0 Å². The number of aromatic nitrogens is 2. The average molecular weight is 312 g/mol. The summed E-state index contributed by atoms with van der Waals surface area (Å²) in [6.45, 7) is 6.12. The molecule has 1 N–H and O–H groups in total. The Bertz CT molecular complexity index is 524. The summed E-state index contributed by atoms with van der Waals surface area (Å²) in [4.78, 5) is 8.84. The van der Waals surface area contributed by atoms with E-state index in [0.29, 0.717) is 0 Å². The van der Waals surface area contributed by atoms with Crippen LogP contribution in [0.25, 0.3) is 0 Å². The molecule has 0 fully saturated rings. The topological polar surface area (TPSA) is 37.8 Å². The van der Waals surface area contributed by atoms with Crippen LogP contribution in [0.15, 0.2) is 22.1 Å². The van der Waals surface area contributed by atoms with Gasteiger partial charge in [0.05, 0.1) is 10.5 Å². The number of hydrogen-bond donors (Lipinski definition) is 1. The molecule has 1 atom stereocenters.